The molecule has 2 unspecified atom stereocenters. The highest BCUT2D eigenvalue weighted by Gasteiger charge is 2.39. The number of rotatable bonds is 2. The van der Waals surface area contributed by atoms with E-state index in [1.165, 1.54) is 6.92 Å². The van der Waals surface area contributed by atoms with Gasteiger partial charge in [0.15, 0.2) is 0 Å². The highest BCUT2D eigenvalue weighted by Crippen LogP contribution is 2.32. The van der Waals surface area contributed by atoms with Gasteiger partial charge in [0.05, 0.1) is 5.92 Å². The molecule has 4 heteroatoms. The zero-order valence-corrected chi connectivity index (χ0v) is 9.67. The first-order valence-electron chi connectivity index (χ1n) is 5.63. The summed E-state index contributed by atoms with van der Waals surface area (Å²) in [7, 11) is 0. The van der Waals surface area contributed by atoms with Gasteiger partial charge in [0.2, 0.25) is 5.91 Å². The summed E-state index contributed by atoms with van der Waals surface area (Å²) in [5, 5.41) is 9.21. The molecular formula is C13H15NO3. The molecule has 0 aromatic heterocycles. The van der Waals surface area contributed by atoms with E-state index < -0.39 is 11.9 Å². The van der Waals surface area contributed by atoms with Gasteiger partial charge in [0.1, 0.15) is 0 Å². The standard InChI is InChI=1S/C13H15NO3/c1-9(15)14-7-11(12(8-14)13(16)17)10-5-3-2-4-6-10/h2-6,11-12H,7-8H2,1H3,(H,16,17). The van der Waals surface area contributed by atoms with E-state index in [4.69, 9.17) is 0 Å². The van der Waals surface area contributed by atoms with E-state index in [-0.39, 0.29) is 11.8 Å². The monoisotopic (exact) mass is 233 g/mol. The van der Waals surface area contributed by atoms with Crippen molar-refractivity contribution in [1.29, 1.82) is 0 Å². The topological polar surface area (TPSA) is 57.6 Å². The summed E-state index contributed by atoms with van der Waals surface area (Å²) in [5.74, 6) is -1.49. The van der Waals surface area contributed by atoms with E-state index in [0.29, 0.717) is 13.1 Å². The molecule has 1 amide bonds. The van der Waals surface area contributed by atoms with Crippen molar-refractivity contribution in [3.8, 4) is 0 Å². The van der Waals surface area contributed by atoms with E-state index in [1.807, 2.05) is 30.3 Å². The highest BCUT2D eigenvalue weighted by molar-refractivity contribution is 5.78. The molecule has 17 heavy (non-hydrogen) atoms. The van der Waals surface area contributed by atoms with E-state index in [0.717, 1.165) is 5.56 Å². The third-order valence-electron chi connectivity index (χ3n) is 3.31. The summed E-state index contributed by atoms with van der Waals surface area (Å²) < 4.78 is 0. The maximum Gasteiger partial charge on any atom is 0.308 e. The number of carbonyl (C=O) groups excluding carboxylic acids is 1. The van der Waals surface area contributed by atoms with Crippen molar-refractivity contribution in [1.82, 2.24) is 4.90 Å². The summed E-state index contributed by atoms with van der Waals surface area (Å²) in [6.07, 6.45) is 0. The molecule has 1 aliphatic heterocycles. The van der Waals surface area contributed by atoms with Crippen molar-refractivity contribution in [2.75, 3.05) is 13.1 Å². The van der Waals surface area contributed by atoms with Crippen LogP contribution in [0.2, 0.25) is 0 Å². The second-order valence-corrected chi connectivity index (χ2v) is 4.39. The fourth-order valence-electron chi connectivity index (χ4n) is 2.35. The minimum absolute atomic E-state index is 0.0605. The molecule has 4 nitrogen and oxygen atoms in total. The lowest BCUT2D eigenvalue weighted by atomic mass is 9.89. The number of hydrogen-bond donors (Lipinski definition) is 1. The van der Waals surface area contributed by atoms with E-state index >= 15 is 0 Å². The van der Waals surface area contributed by atoms with Crippen molar-refractivity contribution < 1.29 is 14.7 Å². The van der Waals surface area contributed by atoms with Gasteiger partial charge in [0, 0.05) is 25.9 Å². The zero-order valence-electron chi connectivity index (χ0n) is 9.67. The van der Waals surface area contributed by atoms with Crippen LogP contribution in [0.4, 0.5) is 0 Å². The number of carboxylic acid groups (broad SMARTS) is 1. The van der Waals surface area contributed by atoms with Crippen LogP contribution < -0.4 is 0 Å². The van der Waals surface area contributed by atoms with Crippen molar-refractivity contribution in [2.45, 2.75) is 12.8 Å². The van der Waals surface area contributed by atoms with Gasteiger partial charge < -0.3 is 10.0 Å². The molecule has 1 fully saturated rings. The third kappa shape index (κ3) is 2.30. The van der Waals surface area contributed by atoms with Crippen molar-refractivity contribution in [3.63, 3.8) is 0 Å². The van der Waals surface area contributed by atoms with Gasteiger partial charge in [0.25, 0.3) is 0 Å². The molecule has 1 aromatic carbocycles. The Hall–Kier alpha value is -1.84. The van der Waals surface area contributed by atoms with E-state index in [2.05, 4.69) is 0 Å². The fourth-order valence-corrected chi connectivity index (χ4v) is 2.35. The average Bonchev–Trinajstić information content (AvgIpc) is 2.75. The average molecular weight is 233 g/mol. The van der Waals surface area contributed by atoms with Crippen molar-refractivity contribution >= 4 is 11.9 Å². The number of carbonyl (C=O) groups is 2. The molecule has 1 aromatic rings. The van der Waals surface area contributed by atoms with Crippen LogP contribution in [0.5, 0.6) is 0 Å². The van der Waals surface area contributed by atoms with E-state index in [1.54, 1.807) is 4.90 Å². The number of benzene rings is 1. The van der Waals surface area contributed by atoms with Crippen molar-refractivity contribution in [3.05, 3.63) is 35.9 Å². The first-order chi connectivity index (χ1) is 8.09. The van der Waals surface area contributed by atoms with Gasteiger partial charge in [-0.25, -0.2) is 0 Å². The SMILES string of the molecule is CC(=O)N1CC(C(=O)O)C(c2ccccc2)C1. The largest absolute Gasteiger partial charge is 0.481 e. The Morgan fingerprint density at radius 1 is 1.24 bits per heavy atom. The van der Waals surface area contributed by atoms with Crippen LogP contribution in [0, 0.1) is 5.92 Å². The van der Waals surface area contributed by atoms with Crippen molar-refractivity contribution in [2.24, 2.45) is 5.92 Å². The summed E-state index contributed by atoms with van der Waals surface area (Å²) in [5.41, 5.74) is 0.989. The summed E-state index contributed by atoms with van der Waals surface area (Å²) >= 11 is 0. The maximum absolute atomic E-state index is 11.3. The van der Waals surface area contributed by atoms with Crippen LogP contribution >= 0.6 is 0 Å². The Kier molecular flexibility index (Phi) is 3.13. The van der Waals surface area contributed by atoms with Crippen LogP contribution in [0.15, 0.2) is 30.3 Å². The number of amides is 1. The van der Waals surface area contributed by atoms with Crippen LogP contribution in [0.25, 0.3) is 0 Å². The lowest BCUT2D eigenvalue weighted by molar-refractivity contribution is -0.141. The summed E-state index contributed by atoms with van der Waals surface area (Å²) in [6, 6.07) is 9.53. The van der Waals surface area contributed by atoms with Gasteiger partial charge in [-0.05, 0) is 5.56 Å². The molecule has 0 aliphatic carbocycles. The van der Waals surface area contributed by atoms with Gasteiger partial charge in [-0.15, -0.1) is 0 Å². The molecular weight excluding hydrogens is 218 g/mol. The molecule has 1 heterocycles. The van der Waals surface area contributed by atoms with E-state index in [9.17, 15) is 14.7 Å². The van der Waals surface area contributed by atoms with Crippen LogP contribution in [-0.4, -0.2) is 35.0 Å². The van der Waals surface area contributed by atoms with Gasteiger partial charge in [-0.2, -0.15) is 0 Å². The predicted octanol–water partition coefficient (Wildman–Crippen LogP) is 1.33. The van der Waals surface area contributed by atoms with Gasteiger partial charge >= 0.3 is 5.97 Å². The molecule has 0 saturated carbocycles. The molecule has 2 rings (SSSR count). The number of likely N-dealkylation sites (tertiary alicyclic amines) is 1. The minimum Gasteiger partial charge on any atom is -0.481 e. The maximum atomic E-state index is 11.3. The molecule has 1 aliphatic rings. The molecule has 0 spiro atoms. The van der Waals surface area contributed by atoms with Gasteiger partial charge in [-0.1, -0.05) is 30.3 Å². The first-order valence-corrected chi connectivity index (χ1v) is 5.63. The highest BCUT2D eigenvalue weighted by atomic mass is 16.4. The summed E-state index contributed by atoms with van der Waals surface area (Å²) in [4.78, 5) is 24.1. The molecule has 90 valence electrons. The van der Waals surface area contributed by atoms with Crippen LogP contribution in [-0.2, 0) is 9.59 Å². The first kappa shape index (κ1) is 11.6. The Labute approximate surface area is 99.9 Å². The molecule has 0 radical (unpaired) electrons. The van der Waals surface area contributed by atoms with Gasteiger partial charge in [-0.3, -0.25) is 9.59 Å². The minimum atomic E-state index is -0.831. The molecule has 1 saturated heterocycles. The zero-order chi connectivity index (χ0) is 12.4. The fraction of sp³-hybridized carbons (Fsp3) is 0.385. The number of carboxylic acids is 1. The Morgan fingerprint density at radius 2 is 1.88 bits per heavy atom. The Morgan fingerprint density at radius 3 is 2.41 bits per heavy atom. The number of nitrogens with zero attached hydrogens (tertiary/aromatic N) is 1. The Balaban J connectivity index is 2.26. The Bertz CT molecular complexity index is 430. The smallest absolute Gasteiger partial charge is 0.308 e. The number of aliphatic carboxylic acids is 1. The lowest BCUT2D eigenvalue weighted by Gasteiger charge is -2.14. The normalized spacial score (nSPS) is 23.7. The lowest BCUT2D eigenvalue weighted by Crippen LogP contribution is -2.27. The molecule has 0 bridgehead atoms. The third-order valence-corrected chi connectivity index (χ3v) is 3.31. The second-order valence-electron chi connectivity index (χ2n) is 4.39. The summed E-state index contributed by atoms with van der Waals surface area (Å²) in [6.45, 7) is 2.28. The van der Waals surface area contributed by atoms with Crippen LogP contribution in [0.1, 0.15) is 18.4 Å². The quantitative estimate of drug-likeness (QED) is 0.838. The molecule has 2 atom stereocenters. The second kappa shape index (κ2) is 4.57. The number of hydrogen-bond acceptors (Lipinski definition) is 2. The van der Waals surface area contributed by atoms with Crippen LogP contribution in [0.3, 0.4) is 0 Å². The molecule has 1 N–H and O–H groups in total. The predicted molar refractivity (Wildman–Crippen MR) is 62.6 cm³/mol.